The normalized spacial score (nSPS) is 11.2. The monoisotopic (exact) mass is 164 g/mol. The summed E-state index contributed by atoms with van der Waals surface area (Å²) in [5.74, 6) is -0.458. The molecule has 61 valence electrons. The van der Waals surface area contributed by atoms with E-state index in [9.17, 15) is 10.1 Å². The topological polar surface area (TPSA) is 63.4 Å². The molecule has 0 aliphatic rings. The number of hydrogen-bond acceptors (Lipinski definition) is 3. The molecule has 0 aliphatic heterocycles. The van der Waals surface area contributed by atoms with Crippen molar-refractivity contribution in [2.75, 3.05) is 0 Å². The third-order valence-electron chi connectivity index (χ3n) is 1.24. The Labute approximate surface area is 68.9 Å². The molecule has 0 fully saturated rings. The molecule has 1 radical (unpaired) electrons. The van der Waals surface area contributed by atoms with E-state index < -0.39 is 10.7 Å². The largest absolute Gasteiger partial charge is 0.501 e. The fraction of sp³-hybridized carbons (Fsp3) is 0. The predicted molar refractivity (Wildman–Crippen MR) is 42.7 cm³/mol. The van der Waals surface area contributed by atoms with Crippen LogP contribution in [-0.4, -0.2) is 10.0 Å². The van der Waals surface area contributed by atoms with Gasteiger partial charge in [0, 0.05) is 5.56 Å². The zero-order valence-corrected chi connectivity index (χ0v) is 6.10. The van der Waals surface area contributed by atoms with E-state index in [4.69, 9.17) is 5.11 Å². The van der Waals surface area contributed by atoms with Crippen molar-refractivity contribution in [1.29, 1.82) is 0 Å². The van der Waals surface area contributed by atoms with Gasteiger partial charge in [-0.2, -0.15) is 0 Å². The number of benzene rings is 1. The van der Waals surface area contributed by atoms with E-state index in [1.807, 2.05) is 0 Å². The van der Waals surface area contributed by atoms with Crippen LogP contribution in [-0.2, 0) is 0 Å². The lowest BCUT2D eigenvalue weighted by Crippen LogP contribution is -1.90. The molecule has 0 saturated heterocycles. The number of nitrogens with zero attached hydrogens (tertiary/aromatic N) is 1. The molecule has 0 atom stereocenters. The fourth-order valence-electron chi connectivity index (χ4n) is 0.747. The summed E-state index contributed by atoms with van der Waals surface area (Å²) < 4.78 is 0. The zero-order chi connectivity index (χ0) is 8.97. The van der Waals surface area contributed by atoms with Crippen molar-refractivity contribution in [2.45, 2.75) is 0 Å². The molecule has 0 unspecified atom stereocenters. The third kappa shape index (κ3) is 2.09. The van der Waals surface area contributed by atoms with Crippen molar-refractivity contribution >= 4 is 5.76 Å². The Balaban J connectivity index is 2.93. The van der Waals surface area contributed by atoms with E-state index >= 15 is 0 Å². The second kappa shape index (κ2) is 3.52. The number of hydrogen-bond donors (Lipinski definition) is 1. The predicted octanol–water partition coefficient (Wildman–Crippen LogP) is 1.62. The van der Waals surface area contributed by atoms with Gasteiger partial charge in [0.1, 0.15) is 0 Å². The van der Waals surface area contributed by atoms with Gasteiger partial charge in [-0.3, -0.25) is 10.1 Å². The number of aliphatic hydroxyl groups excluding tert-OH is 1. The molecule has 4 nitrogen and oxygen atoms in total. The molecule has 0 aliphatic carbocycles. The van der Waals surface area contributed by atoms with Gasteiger partial charge in [0.05, 0.1) is 4.92 Å². The van der Waals surface area contributed by atoms with Crippen LogP contribution < -0.4 is 0 Å². The fourth-order valence-corrected chi connectivity index (χ4v) is 0.747. The van der Waals surface area contributed by atoms with Crippen LogP contribution >= 0.6 is 0 Å². The summed E-state index contributed by atoms with van der Waals surface area (Å²) in [5, 5.41) is 19.0. The van der Waals surface area contributed by atoms with Crippen molar-refractivity contribution in [3.05, 3.63) is 52.2 Å². The summed E-state index contributed by atoms with van der Waals surface area (Å²) in [5.41, 5.74) is 0.384. The molecule has 0 aromatic heterocycles. The molecule has 0 spiro atoms. The van der Waals surface area contributed by atoms with E-state index in [-0.39, 0.29) is 0 Å². The molecule has 12 heavy (non-hydrogen) atoms. The standard InChI is InChI=1S/C8H6NO3/c10-8(6-9(11)12)7-4-2-1-3-5-7/h1-5,10H. The SMILES string of the molecule is O=[N+]([O-])/[C]=C(\O)c1ccccc1. The molecule has 1 aromatic carbocycles. The lowest BCUT2D eigenvalue weighted by molar-refractivity contribution is -0.419. The Morgan fingerprint density at radius 3 is 2.50 bits per heavy atom. The molecule has 1 N–H and O–H groups in total. The number of nitro groups is 1. The Bertz CT molecular complexity index is 305. The van der Waals surface area contributed by atoms with Crippen LogP contribution in [0.15, 0.2) is 30.3 Å². The quantitative estimate of drug-likeness (QED) is 0.312. The average molecular weight is 164 g/mol. The van der Waals surface area contributed by atoms with Crippen LogP contribution in [0, 0.1) is 16.3 Å². The maximum Gasteiger partial charge on any atom is 0.391 e. The van der Waals surface area contributed by atoms with Crippen molar-refractivity contribution in [3.8, 4) is 0 Å². The van der Waals surface area contributed by atoms with Crippen LogP contribution in [0.4, 0.5) is 0 Å². The van der Waals surface area contributed by atoms with E-state index in [0.717, 1.165) is 0 Å². The lowest BCUT2D eigenvalue weighted by Gasteiger charge is -1.93. The molecule has 1 aromatic rings. The minimum Gasteiger partial charge on any atom is -0.501 e. The smallest absolute Gasteiger partial charge is 0.391 e. The van der Waals surface area contributed by atoms with Gasteiger partial charge in [-0.15, -0.1) is 0 Å². The first-order valence-corrected chi connectivity index (χ1v) is 3.22. The molecular formula is C8H6NO3. The van der Waals surface area contributed by atoms with Crippen LogP contribution in [0.5, 0.6) is 0 Å². The lowest BCUT2D eigenvalue weighted by atomic mass is 10.2. The Morgan fingerprint density at radius 1 is 1.42 bits per heavy atom. The van der Waals surface area contributed by atoms with Crippen molar-refractivity contribution in [2.24, 2.45) is 0 Å². The van der Waals surface area contributed by atoms with Crippen molar-refractivity contribution < 1.29 is 10.0 Å². The highest BCUT2D eigenvalue weighted by Crippen LogP contribution is 2.08. The van der Waals surface area contributed by atoms with Crippen LogP contribution in [0.2, 0.25) is 0 Å². The molecule has 0 saturated carbocycles. The molecule has 0 bridgehead atoms. The van der Waals surface area contributed by atoms with Gasteiger partial charge in [0.25, 0.3) is 0 Å². The number of aliphatic hydroxyl groups is 1. The molecule has 1 rings (SSSR count). The Morgan fingerprint density at radius 2 is 2.00 bits per heavy atom. The summed E-state index contributed by atoms with van der Waals surface area (Å²) in [6.45, 7) is 0. The highest BCUT2D eigenvalue weighted by molar-refractivity contribution is 5.54. The maximum atomic E-state index is 9.90. The summed E-state index contributed by atoms with van der Waals surface area (Å²) >= 11 is 0. The highest BCUT2D eigenvalue weighted by Gasteiger charge is 2.03. The minimum absolute atomic E-state index is 0.384. The van der Waals surface area contributed by atoms with Gasteiger partial charge in [-0.25, -0.2) is 0 Å². The van der Waals surface area contributed by atoms with Crippen LogP contribution in [0.3, 0.4) is 0 Å². The van der Waals surface area contributed by atoms with Gasteiger partial charge in [0.15, 0.2) is 0 Å². The van der Waals surface area contributed by atoms with Gasteiger partial charge in [-0.05, 0) is 0 Å². The summed E-state index contributed by atoms with van der Waals surface area (Å²) in [7, 11) is 0. The van der Waals surface area contributed by atoms with E-state index in [1.54, 1.807) is 36.5 Å². The van der Waals surface area contributed by atoms with Crippen LogP contribution in [0.25, 0.3) is 5.76 Å². The summed E-state index contributed by atoms with van der Waals surface area (Å²) in [6, 6.07) is 8.22. The molecule has 0 heterocycles. The average Bonchev–Trinajstić information content (AvgIpc) is 2.05. The molecule has 4 heteroatoms. The van der Waals surface area contributed by atoms with Gasteiger partial charge < -0.3 is 5.11 Å². The summed E-state index contributed by atoms with van der Waals surface area (Å²) in [6.07, 6.45) is 1.65. The van der Waals surface area contributed by atoms with E-state index in [1.165, 1.54) is 0 Å². The summed E-state index contributed by atoms with van der Waals surface area (Å²) in [4.78, 5) is 9.08. The second-order valence-electron chi connectivity index (χ2n) is 2.08. The first-order valence-electron chi connectivity index (χ1n) is 3.22. The van der Waals surface area contributed by atoms with E-state index in [2.05, 4.69) is 0 Å². The molecule has 0 amide bonds. The Kier molecular flexibility index (Phi) is 2.42. The second-order valence-corrected chi connectivity index (χ2v) is 2.08. The van der Waals surface area contributed by atoms with Gasteiger partial charge in [-0.1, -0.05) is 30.3 Å². The highest BCUT2D eigenvalue weighted by atomic mass is 16.6. The van der Waals surface area contributed by atoms with Gasteiger partial charge >= 0.3 is 6.20 Å². The Hall–Kier alpha value is -1.84. The minimum atomic E-state index is -0.817. The zero-order valence-electron chi connectivity index (χ0n) is 6.10. The number of rotatable bonds is 2. The first kappa shape index (κ1) is 8.26. The third-order valence-corrected chi connectivity index (χ3v) is 1.24. The van der Waals surface area contributed by atoms with Gasteiger partial charge in [0.2, 0.25) is 5.76 Å². The first-order chi connectivity index (χ1) is 5.70. The van der Waals surface area contributed by atoms with Crippen molar-refractivity contribution in [3.63, 3.8) is 0 Å². The molecular weight excluding hydrogens is 158 g/mol. The maximum absolute atomic E-state index is 9.90. The van der Waals surface area contributed by atoms with Crippen molar-refractivity contribution in [1.82, 2.24) is 0 Å². The van der Waals surface area contributed by atoms with E-state index in [0.29, 0.717) is 5.56 Å². The van der Waals surface area contributed by atoms with Crippen LogP contribution in [0.1, 0.15) is 5.56 Å².